The minimum Gasteiger partial charge on any atom is -0.324 e. The van der Waals surface area contributed by atoms with Gasteiger partial charge in [0.15, 0.2) is 0 Å². The standard InChI is InChI=1S/C24H20FN3O2/c1-15-6-5-7-17(12-15)23-27-21-9-4-3-8-19(21)24(30)28(23)14-22(29)26-18-11-10-16(2)20(25)13-18/h3-13H,14H2,1-2H3,(H,26,29). The van der Waals surface area contributed by atoms with Gasteiger partial charge in [-0.15, -0.1) is 0 Å². The van der Waals surface area contributed by atoms with Crippen LogP contribution in [0.15, 0.2) is 71.5 Å². The Morgan fingerprint density at radius 1 is 1.03 bits per heavy atom. The van der Waals surface area contributed by atoms with Crippen LogP contribution in [0.5, 0.6) is 0 Å². The van der Waals surface area contributed by atoms with Gasteiger partial charge in [0, 0.05) is 11.3 Å². The van der Waals surface area contributed by atoms with Gasteiger partial charge in [0.1, 0.15) is 18.2 Å². The lowest BCUT2D eigenvalue weighted by Crippen LogP contribution is -2.30. The summed E-state index contributed by atoms with van der Waals surface area (Å²) in [7, 11) is 0. The van der Waals surface area contributed by atoms with Gasteiger partial charge >= 0.3 is 0 Å². The Bertz CT molecular complexity index is 1330. The van der Waals surface area contributed by atoms with E-state index >= 15 is 0 Å². The maximum atomic E-state index is 13.8. The molecular weight excluding hydrogens is 381 g/mol. The van der Waals surface area contributed by atoms with Gasteiger partial charge in [0.25, 0.3) is 5.56 Å². The topological polar surface area (TPSA) is 64.0 Å². The molecule has 0 aliphatic rings. The summed E-state index contributed by atoms with van der Waals surface area (Å²) in [6.07, 6.45) is 0. The van der Waals surface area contributed by atoms with E-state index in [1.807, 2.05) is 37.3 Å². The molecule has 4 aromatic rings. The minimum atomic E-state index is -0.439. The lowest BCUT2D eigenvalue weighted by Gasteiger charge is -2.14. The largest absolute Gasteiger partial charge is 0.324 e. The van der Waals surface area contributed by atoms with Crippen LogP contribution in [0.2, 0.25) is 0 Å². The maximum absolute atomic E-state index is 13.8. The molecule has 1 N–H and O–H groups in total. The van der Waals surface area contributed by atoms with Crippen LogP contribution >= 0.6 is 0 Å². The molecule has 6 heteroatoms. The third-order valence-electron chi connectivity index (χ3n) is 4.90. The second-order valence-corrected chi connectivity index (χ2v) is 7.23. The van der Waals surface area contributed by atoms with Crippen LogP contribution in [-0.4, -0.2) is 15.5 Å². The molecule has 0 saturated carbocycles. The number of aryl methyl sites for hydroxylation is 2. The van der Waals surface area contributed by atoms with Gasteiger partial charge in [-0.3, -0.25) is 14.2 Å². The van der Waals surface area contributed by atoms with Crippen molar-refractivity contribution in [1.82, 2.24) is 9.55 Å². The number of aromatic nitrogens is 2. The Balaban J connectivity index is 1.77. The van der Waals surface area contributed by atoms with E-state index in [0.29, 0.717) is 28.0 Å². The molecule has 1 heterocycles. The first-order valence-electron chi connectivity index (χ1n) is 9.55. The molecule has 1 aromatic heterocycles. The van der Waals surface area contributed by atoms with E-state index in [-0.39, 0.29) is 12.1 Å². The molecule has 0 fully saturated rings. The molecule has 5 nitrogen and oxygen atoms in total. The molecule has 0 bridgehead atoms. The van der Waals surface area contributed by atoms with E-state index in [4.69, 9.17) is 0 Å². The summed E-state index contributed by atoms with van der Waals surface area (Å²) in [6, 6.07) is 19.1. The van der Waals surface area contributed by atoms with Crippen LogP contribution in [0.25, 0.3) is 22.3 Å². The number of hydrogen-bond acceptors (Lipinski definition) is 3. The number of anilines is 1. The number of hydrogen-bond donors (Lipinski definition) is 1. The second kappa shape index (κ2) is 7.91. The zero-order valence-corrected chi connectivity index (χ0v) is 16.6. The second-order valence-electron chi connectivity index (χ2n) is 7.23. The molecule has 0 aliphatic heterocycles. The van der Waals surface area contributed by atoms with Gasteiger partial charge in [0.05, 0.1) is 10.9 Å². The Labute approximate surface area is 172 Å². The first kappa shape index (κ1) is 19.5. The molecule has 0 atom stereocenters. The average Bonchev–Trinajstić information content (AvgIpc) is 2.73. The number of para-hydroxylation sites is 1. The van der Waals surface area contributed by atoms with Crippen molar-refractivity contribution in [2.75, 3.05) is 5.32 Å². The fraction of sp³-hybridized carbons (Fsp3) is 0.125. The van der Waals surface area contributed by atoms with Crippen LogP contribution in [0.1, 0.15) is 11.1 Å². The van der Waals surface area contributed by atoms with Crippen LogP contribution in [0.3, 0.4) is 0 Å². The highest BCUT2D eigenvalue weighted by atomic mass is 19.1. The first-order valence-corrected chi connectivity index (χ1v) is 9.55. The molecule has 0 spiro atoms. The predicted molar refractivity (Wildman–Crippen MR) is 116 cm³/mol. The molecule has 3 aromatic carbocycles. The molecule has 0 unspecified atom stereocenters. The van der Waals surface area contributed by atoms with Crippen molar-refractivity contribution in [1.29, 1.82) is 0 Å². The number of benzene rings is 3. The monoisotopic (exact) mass is 401 g/mol. The third-order valence-corrected chi connectivity index (χ3v) is 4.90. The number of carbonyl (C=O) groups is 1. The number of nitrogens with one attached hydrogen (secondary N) is 1. The quantitative estimate of drug-likeness (QED) is 0.549. The fourth-order valence-electron chi connectivity index (χ4n) is 3.33. The lowest BCUT2D eigenvalue weighted by molar-refractivity contribution is -0.116. The molecule has 0 saturated heterocycles. The highest BCUT2D eigenvalue weighted by molar-refractivity contribution is 5.91. The highest BCUT2D eigenvalue weighted by Gasteiger charge is 2.16. The fourth-order valence-corrected chi connectivity index (χ4v) is 3.33. The maximum Gasteiger partial charge on any atom is 0.262 e. The molecular formula is C24H20FN3O2. The van der Waals surface area contributed by atoms with Gasteiger partial charge in [0.2, 0.25) is 5.91 Å². The Morgan fingerprint density at radius 3 is 2.60 bits per heavy atom. The van der Waals surface area contributed by atoms with E-state index in [0.717, 1.165) is 11.1 Å². The van der Waals surface area contributed by atoms with E-state index in [1.54, 1.807) is 37.3 Å². The van der Waals surface area contributed by atoms with Gasteiger partial charge in [-0.1, -0.05) is 42.0 Å². The zero-order valence-electron chi connectivity index (χ0n) is 16.6. The average molecular weight is 401 g/mol. The smallest absolute Gasteiger partial charge is 0.262 e. The lowest BCUT2D eigenvalue weighted by atomic mass is 10.1. The summed E-state index contributed by atoms with van der Waals surface area (Å²) in [5.41, 5.74) is 2.85. The minimum absolute atomic E-state index is 0.241. The number of halogens is 1. The van der Waals surface area contributed by atoms with Crippen molar-refractivity contribution in [2.24, 2.45) is 0 Å². The van der Waals surface area contributed by atoms with E-state index < -0.39 is 11.7 Å². The van der Waals surface area contributed by atoms with Crippen LogP contribution in [0.4, 0.5) is 10.1 Å². The molecule has 150 valence electrons. The normalized spacial score (nSPS) is 10.9. The van der Waals surface area contributed by atoms with Crippen molar-refractivity contribution < 1.29 is 9.18 Å². The van der Waals surface area contributed by atoms with Crippen LogP contribution in [0, 0.1) is 19.7 Å². The summed E-state index contributed by atoms with van der Waals surface area (Å²) in [5.74, 6) is -0.434. The van der Waals surface area contributed by atoms with Crippen molar-refractivity contribution in [3.8, 4) is 11.4 Å². The van der Waals surface area contributed by atoms with Crippen LogP contribution < -0.4 is 10.9 Å². The Morgan fingerprint density at radius 2 is 1.83 bits per heavy atom. The highest BCUT2D eigenvalue weighted by Crippen LogP contribution is 2.20. The van der Waals surface area contributed by atoms with Crippen LogP contribution in [-0.2, 0) is 11.3 Å². The van der Waals surface area contributed by atoms with Crippen molar-refractivity contribution in [3.05, 3.63) is 94.0 Å². The summed E-state index contributed by atoms with van der Waals surface area (Å²) in [6.45, 7) is 3.36. The van der Waals surface area contributed by atoms with Gasteiger partial charge < -0.3 is 5.32 Å². The van der Waals surface area contributed by atoms with E-state index in [1.165, 1.54) is 10.6 Å². The summed E-state index contributed by atoms with van der Waals surface area (Å²) < 4.78 is 15.2. The Hall–Kier alpha value is -3.80. The summed E-state index contributed by atoms with van der Waals surface area (Å²) >= 11 is 0. The first-order chi connectivity index (χ1) is 14.4. The molecule has 30 heavy (non-hydrogen) atoms. The predicted octanol–water partition coefficient (Wildman–Crippen LogP) is 4.46. The number of nitrogens with zero attached hydrogens (tertiary/aromatic N) is 2. The number of amides is 1. The van der Waals surface area contributed by atoms with Crippen molar-refractivity contribution in [3.63, 3.8) is 0 Å². The zero-order chi connectivity index (χ0) is 21.3. The molecule has 0 aliphatic carbocycles. The number of rotatable bonds is 4. The molecule has 1 amide bonds. The van der Waals surface area contributed by atoms with Gasteiger partial charge in [-0.25, -0.2) is 9.37 Å². The SMILES string of the molecule is Cc1cccc(-c2nc3ccccc3c(=O)n2CC(=O)Nc2ccc(C)c(F)c2)c1. The van der Waals surface area contributed by atoms with Gasteiger partial charge in [-0.05, 0) is 49.7 Å². The summed E-state index contributed by atoms with van der Waals surface area (Å²) in [5, 5.41) is 3.09. The third kappa shape index (κ3) is 3.85. The number of carbonyl (C=O) groups excluding carboxylic acids is 1. The number of fused-ring (bicyclic) bond motifs is 1. The van der Waals surface area contributed by atoms with Crippen molar-refractivity contribution >= 4 is 22.5 Å². The van der Waals surface area contributed by atoms with Gasteiger partial charge in [-0.2, -0.15) is 0 Å². The van der Waals surface area contributed by atoms with E-state index in [9.17, 15) is 14.0 Å². The van der Waals surface area contributed by atoms with E-state index in [2.05, 4.69) is 10.3 Å². The van der Waals surface area contributed by atoms with Crippen molar-refractivity contribution in [2.45, 2.75) is 20.4 Å². The molecule has 0 radical (unpaired) electrons. The Kier molecular flexibility index (Phi) is 5.14. The summed E-state index contributed by atoms with van der Waals surface area (Å²) in [4.78, 5) is 30.5. The molecule has 4 rings (SSSR count).